The third-order valence-corrected chi connectivity index (χ3v) is 4.76. The van der Waals surface area contributed by atoms with Crippen molar-refractivity contribution in [1.29, 1.82) is 5.26 Å². The number of hydrogen-bond donors (Lipinski definition) is 1. The molecule has 0 aliphatic rings. The predicted octanol–water partition coefficient (Wildman–Crippen LogP) is 4.38. The molecular formula is C24H18N2O4. The number of esters is 1. The van der Waals surface area contributed by atoms with Crippen LogP contribution in [-0.2, 0) is 27.2 Å². The highest BCUT2D eigenvalue weighted by molar-refractivity contribution is 6.08. The van der Waals surface area contributed by atoms with Gasteiger partial charge in [-0.25, -0.2) is 0 Å². The first-order chi connectivity index (χ1) is 14.6. The number of nitriles is 1. The summed E-state index contributed by atoms with van der Waals surface area (Å²) in [7, 11) is 0. The second kappa shape index (κ2) is 8.50. The summed E-state index contributed by atoms with van der Waals surface area (Å²) in [6.45, 7) is -0.380. The van der Waals surface area contributed by atoms with Crippen LogP contribution in [0.1, 0.15) is 11.1 Å². The number of amides is 1. The Kier molecular flexibility index (Phi) is 5.44. The van der Waals surface area contributed by atoms with Gasteiger partial charge in [0.15, 0.2) is 6.61 Å². The minimum Gasteiger partial charge on any atom is -0.464 e. The molecule has 6 heteroatoms. The molecule has 0 spiro atoms. The second-order valence-electron chi connectivity index (χ2n) is 6.84. The average molecular weight is 398 g/mol. The van der Waals surface area contributed by atoms with Crippen molar-refractivity contribution < 1.29 is 18.7 Å². The fourth-order valence-electron chi connectivity index (χ4n) is 3.35. The molecule has 1 heterocycles. The van der Waals surface area contributed by atoms with Gasteiger partial charge in [0.25, 0.3) is 5.91 Å². The van der Waals surface area contributed by atoms with Crippen LogP contribution in [0.4, 0.5) is 5.69 Å². The molecule has 30 heavy (non-hydrogen) atoms. The van der Waals surface area contributed by atoms with Crippen LogP contribution >= 0.6 is 0 Å². The summed E-state index contributed by atoms with van der Waals surface area (Å²) in [5, 5.41) is 14.3. The quantitative estimate of drug-likeness (QED) is 0.487. The van der Waals surface area contributed by atoms with Gasteiger partial charge in [-0.2, -0.15) is 5.26 Å². The van der Waals surface area contributed by atoms with Crippen LogP contribution in [0, 0.1) is 11.3 Å². The molecule has 1 amide bonds. The third-order valence-electron chi connectivity index (χ3n) is 4.76. The first-order valence-corrected chi connectivity index (χ1v) is 9.43. The van der Waals surface area contributed by atoms with E-state index in [-0.39, 0.29) is 13.0 Å². The van der Waals surface area contributed by atoms with Gasteiger partial charge in [0.2, 0.25) is 0 Å². The fourth-order valence-corrected chi connectivity index (χ4v) is 3.35. The van der Waals surface area contributed by atoms with E-state index in [4.69, 9.17) is 14.4 Å². The Morgan fingerprint density at radius 2 is 1.83 bits per heavy atom. The molecule has 6 nitrogen and oxygen atoms in total. The summed E-state index contributed by atoms with van der Waals surface area (Å²) in [5.41, 5.74) is 2.86. The van der Waals surface area contributed by atoms with Gasteiger partial charge in [0, 0.05) is 16.6 Å². The minimum atomic E-state index is -0.509. The Labute approximate surface area is 172 Å². The van der Waals surface area contributed by atoms with Crippen LogP contribution < -0.4 is 5.32 Å². The average Bonchev–Trinajstić information content (AvgIpc) is 3.17. The Morgan fingerprint density at radius 1 is 1.03 bits per heavy atom. The van der Waals surface area contributed by atoms with Gasteiger partial charge in [0.05, 0.1) is 25.2 Å². The maximum absolute atomic E-state index is 12.3. The standard InChI is InChI=1S/C24H18N2O4/c25-12-11-16-5-8-19(9-6-16)26-22(27)15-30-23(28)13-18-14-29-21-10-7-17-3-1-2-4-20(17)24(18)21/h1-10,14H,11,13,15H2,(H,26,27). The first kappa shape index (κ1) is 19.2. The molecule has 3 aromatic carbocycles. The predicted molar refractivity (Wildman–Crippen MR) is 113 cm³/mol. The van der Waals surface area contributed by atoms with Crippen molar-refractivity contribution in [3.8, 4) is 6.07 Å². The molecule has 0 saturated carbocycles. The third kappa shape index (κ3) is 4.15. The number of nitrogens with one attached hydrogen (secondary N) is 1. The van der Waals surface area contributed by atoms with E-state index in [1.807, 2.05) is 36.4 Å². The van der Waals surface area contributed by atoms with Crippen molar-refractivity contribution in [1.82, 2.24) is 0 Å². The van der Waals surface area contributed by atoms with Crippen molar-refractivity contribution in [3.63, 3.8) is 0 Å². The lowest BCUT2D eigenvalue weighted by Crippen LogP contribution is -2.21. The molecule has 0 unspecified atom stereocenters. The van der Waals surface area contributed by atoms with Gasteiger partial charge in [-0.3, -0.25) is 9.59 Å². The van der Waals surface area contributed by atoms with Gasteiger partial charge in [-0.1, -0.05) is 42.5 Å². The van der Waals surface area contributed by atoms with Gasteiger partial charge in [-0.15, -0.1) is 0 Å². The highest BCUT2D eigenvalue weighted by atomic mass is 16.5. The summed E-state index contributed by atoms with van der Waals surface area (Å²) in [4.78, 5) is 24.3. The summed E-state index contributed by atoms with van der Waals surface area (Å²) in [5.74, 6) is -0.941. The number of benzene rings is 3. The van der Waals surface area contributed by atoms with Crippen LogP contribution in [0.25, 0.3) is 21.7 Å². The Balaban J connectivity index is 1.37. The number of nitrogens with zero attached hydrogens (tertiary/aromatic N) is 1. The number of hydrogen-bond acceptors (Lipinski definition) is 5. The zero-order chi connectivity index (χ0) is 20.9. The van der Waals surface area contributed by atoms with Crippen LogP contribution in [0.15, 0.2) is 71.3 Å². The highest BCUT2D eigenvalue weighted by Crippen LogP contribution is 2.30. The molecule has 0 bridgehead atoms. The van der Waals surface area contributed by atoms with Crippen LogP contribution in [0.2, 0.25) is 0 Å². The molecule has 1 N–H and O–H groups in total. The number of ether oxygens (including phenoxy) is 1. The van der Waals surface area contributed by atoms with Crippen LogP contribution in [0.3, 0.4) is 0 Å². The van der Waals surface area contributed by atoms with Crippen LogP contribution in [0.5, 0.6) is 0 Å². The van der Waals surface area contributed by atoms with E-state index in [0.717, 1.165) is 27.3 Å². The number of furan rings is 1. The lowest BCUT2D eigenvalue weighted by Gasteiger charge is -2.07. The molecule has 0 saturated heterocycles. The maximum Gasteiger partial charge on any atom is 0.310 e. The second-order valence-corrected chi connectivity index (χ2v) is 6.84. The zero-order valence-corrected chi connectivity index (χ0v) is 16.1. The monoisotopic (exact) mass is 398 g/mol. The Morgan fingerprint density at radius 3 is 2.63 bits per heavy atom. The van der Waals surface area contributed by atoms with E-state index in [1.54, 1.807) is 30.5 Å². The largest absolute Gasteiger partial charge is 0.464 e. The smallest absolute Gasteiger partial charge is 0.310 e. The molecule has 1 aromatic heterocycles. The maximum atomic E-state index is 12.3. The van der Waals surface area contributed by atoms with E-state index in [2.05, 4.69) is 11.4 Å². The topological polar surface area (TPSA) is 92.3 Å². The molecule has 4 aromatic rings. The Hall–Kier alpha value is -4.11. The van der Waals surface area contributed by atoms with Crippen molar-refractivity contribution in [2.45, 2.75) is 12.8 Å². The van der Waals surface area contributed by atoms with Crippen molar-refractivity contribution in [3.05, 3.63) is 78.1 Å². The molecule has 0 atom stereocenters. The minimum absolute atomic E-state index is 0.0111. The molecule has 0 fully saturated rings. The number of carbonyl (C=O) groups is 2. The van der Waals surface area contributed by atoms with Gasteiger partial charge >= 0.3 is 5.97 Å². The molecular weight excluding hydrogens is 380 g/mol. The molecule has 148 valence electrons. The zero-order valence-electron chi connectivity index (χ0n) is 16.1. The molecule has 0 radical (unpaired) electrons. The van der Waals surface area contributed by atoms with Crippen molar-refractivity contribution >= 4 is 39.3 Å². The lowest BCUT2D eigenvalue weighted by molar-refractivity contribution is -0.146. The van der Waals surface area contributed by atoms with E-state index >= 15 is 0 Å². The summed E-state index contributed by atoms with van der Waals surface area (Å²) in [6.07, 6.45) is 1.88. The highest BCUT2D eigenvalue weighted by Gasteiger charge is 2.15. The van der Waals surface area contributed by atoms with E-state index < -0.39 is 11.9 Å². The molecule has 0 aliphatic heterocycles. The first-order valence-electron chi connectivity index (χ1n) is 9.43. The number of carbonyl (C=O) groups excluding carboxylic acids is 2. The van der Waals surface area contributed by atoms with Gasteiger partial charge in [-0.05, 0) is 34.5 Å². The van der Waals surface area contributed by atoms with E-state index in [0.29, 0.717) is 17.7 Å². The Bertz CT molecular complexity index is 1270. The van der Waals surface area contributed by atoms with Crippen molar-refractivity contribution in [2.24, 2.45) is 0 Å². The van der Waals surface area contributed by atoms with E-state index in [9.17, 15) is 9.59 Å². The molecule has 4 rings (SSSR count). The summed E-state index contributed by atoms with van der Waals surface area (Å²) < 4.78 is 10.7. The number of fused-ring (bicyclic) bond motifs is 3. The number of anilines is 1. The fraction of sp³-hybridized carbons (Fsp3) is 0.125. The van der Waals surface area contributed by atoms with Gasteiger partial charge in [0.1, 0.15) is 5.58 Å². The van der Waals surface area contributed by atoms with Crippen LogP contribution in [-0.4, -0.2) is 18.5 Å². The number of rotatable bonds is 6. The normalized spacial score (nSPS) is 10.6. The molecule has 0 aliphatic carbocycles. The lowest BCUT2D eigenvalue weighted by atomic mass is 10.0. The van der Waals surface area contributed by atoms with Gasteiger partial charge < -0.3 is 14.5 Å². The van der Waals surface area contributed by atoms with E-state index in [1.165, 1.54) is 0 Å². The van der Waals surface area contributed by atoms with Crippen molar-refractivity contribution in [2.75, 3.05) is 11.9 Å². The SMILES string of the molecule is N#CCc1ccc(NC(=O)COC(=O)Cc2coc3ccc4ccccc4c23)cc1. The summed E-state index contributed by atoms with van der Waals surface area (Å²) >= 11 is 0. The summed E-state index contributed by atoms with van der Waals surface area (Å²) in [6, 6.07) is 20.7.